The highest BCUT2D eigenvalue weighted by molar-refractivity contribution is 8.18. The number of benzene rings is 2. The number of carbonyl (C=O) groups is 2. The summed E-state index contributed by atoms with van der Waals surface area (Å²) in [6.45, 7) is 0.585. The van der Waals surface area contributed by atoms with Gasteiger partial charge >= 0.3 is 12.1 Å². The summed E-state index contributed by atoms with van der Waals surface area (Å²) in [5.74, 6) is -1.90. The molecule has 1 N–H and O–H groups in total. The zero-order valence-electron chi connectivity index (χ0n) is 17.1. The van der Waals surface area contributed by atoms with Crippen molar-refractivity contribution in [1.82, 2.24) is 4.90 Å². The summed E-state index contributed by atoms with van der Waals surface area (Å²) in [5.41, 5.74) is -0.352. The first-order chi connectivity index (χ1) is 15.7. The maximum absolute atomic E-state index is 13.2. The lowest BCUT2D eigenvalue weighted by Crippen LogP contribution is -2.51. The number of carboxylic acids is 1. The predicted molar refractivity (Wildman–Crippen MR) is 115 cm³/mol. The van der Waals surface area contributed by atoms with Crippen LogP contribution in [0.5, 0.6) is 17.2 Å². The number of carboxylic acid groups (broad SMARTS) is 1. The minimum absolute atomic E-state index is 0.0824. The van der Waals surface area contributed by atoms with E-state index in [-0.39, 0.29) is 17.2 Å². The first-order valence-corrected chi connectivity index (χ1v) is 10.5. The van der Waals surface area contributed by atoms with Gasteiger partial charge in [-0.15, -0.1) is 0 Å². The van der Waals surface area contributed by atoms with Gasteiger partial charge in [0.15, 0.2) is 16.7 Å². The molecule has 2 aliphatic rings. The van der Waals surface area contributed by atoms with E-state index in [4.69, 9.17) is 14.6 Å². The topological polar surface area (TPSA) is 88.4 Å². The molecule has 4 rings (SSSR count). The van der Waals surface area contributed by atoms with Gasteiger partial charge < -0.3 is 19.5 Å². The monoisotopic (exact) mass is 478 g/mol. The normalized spacial score (nSPS) is 17.7. The number of thioether (sulfide) groups is 1. The number of hydrogen-bond acceptors (Lipinski definition) is 6. The van der Waals surface area contributed by atoms with Crippen molar-refractivity contribution in [2.75, 3.05) is 20.2 Å². The number of methoxy groups -OCH3 is 1. The van der Waals surface area contributed by atoms with Crippen LogP contribution in [0, 0.1) is 5.92 Å². The second-order valence-electron chi connectivity index (χ2n) is 7.26. The Labute approximate surface area is 190 Å². The Morgan fingerprint density at radius 2 is 1.91 bits per heavy atom. The second-order valence-corrected chi connectivity index (χ2v) is 8.27. The van der Waals surface area contributed by atoms with Crippen LogP contribution in [0.2, 0.25) is 0 Å². The Morgan fingerprint density at radius 1 is 1.18 bits per heavy atom. The quantitative estimate of drug-likeness (QED) is 0.634. The number of para-hydroxylation sites is 1. The number of amidine groups is 1. The first kappa shape index (κ1) is 22.7. The van der Waals surface area contributed by atoms with Crippen LogP contribution in [-0.2, 0) is 15.8 Å². The van der Waals surface area contributed by atoms with Crippen molar-refractivity contribution in [2.24, 2.45) is 10.9 Å². The van der Waals surface area contributed by atoms with E-state index in [0.29, 0.717) is 28.7 Å². The van der Waals surface area contributed by atoms with Gasteiger partial charge in [0.25, 0.3) is 5.91 Å². The van der Waals surface area contributed by atoms with E-state index in [1.807, 2.05) is 0 Å². The zero-order chi connectivity index (χ0) is 23.8. The van der Waals surface area contributed by atoms with E-state index in [1.165, 1.54) is 37.4 Å². The minimum Gasteiger partial charge on any atom is -0.493 e. The van der Waals surface area contributed by atoms with Gasteiger partial charge in [0.1, 0.15) is 5.75 Å². The highest BCUT2D eigenvalue weighted by atomic mass is 32.2. The summed E-state index contributed by atoms with van der Waals surface area (Å²) >= 11 is 1.13. The fourth-order valence-corrected chi connectivity index (χ4v) is 4.17. The molecule has 0 bridgehead atoms. The summed E-state index contributed by atoms with van der Waals surface area (Å²) in [4.78, 5) is 29.2. The Morgan fingerprint density at radius 3 is 2.58 bits per heavy atom. The summed E-state index contributed by atoms with van der Waals surface area (Å²) < 4.78 is 50.5. The van der Waals surface area contributed by atoms with E-state index >= 15 is 0 Å². The first-order valence-electron chi connectivity index (χ1n) is 9.68. The number of carbonyl (C=O) groups excluding carboxylic acids is 1. The van der Waals surface area contributed by atoms with Crippen molar-refractivity contribution < 1.29 is 37.3 Å². The van der Waals surface area contributed by atoms with Crippen LogP contribution in [0.25, 0.3) is 6.08 Å². The Hall–Kier alpha value is -3.47. The molecule has 0 aliphatic carbocycles. The van der Waals surface area contributed by atoms with Gasteiger partial charge in [-0.3, -0.25) is 9.59 Å². The third-order valence-corrected chi connectivity index (χ3v) is 6.05. The molecule has 2 aromatic rings. The third kappa shape index (κ3) is 4.82. The minimum atomic E-state index is -4.58. The predicted octanol–water partition coefficient (Wildman–Crippen LogP) is 4.49. The fourth-order valence-electron chi connectivity index (χ4n) is 3.24. The third-order valence-electron chi connectivity index (χ3n) is 5.01. The second kappa shape index (κ2) is 8.81. The molecule has 0 atom stereocenters. The molecule has 0 aromatic heterocycles. The number of alkyl halides is 3. The van der Waals surface area contributed by atoms with Crippen LogP contribution in [0.4, 0.5) is 13.2 Å². The van der Waals surface area contributed by atoms with Gasteiger partial charge in [0, 0.05) is 13.1 Å². The van der Waals surface area contributed by atoms with Gasteiger partial charge in [-0.25, -0.2) is 0 Å². The van der Waals surface area contributed by atoms with Crippen LogP contribution in [0.3, 0.4) is 0 Å². The molecule has 33 heavy (non-hydrogen) atoms. The molecular formula is C22H17F3N2O5S. The summed E-state index contributed by atoms with van der Waals surface area (Å²) in [5, 5.41) is 9.43. The lowest BCUT2D eigenvalue weighted by atomic mass is 10.0. The van der Waals surface area contributed by atoms with Crippen LogP contribution in [0.15, 0.2) is 52.4 Å². The van der Waals surface area contributed by atoms with E-state index in [9.17, 15) is 22.8 Å². The van der Waals surface area contributed by atoms with Crippen molar-refractivity contribution in [3.05, 3.63) is 58.5 Å². The average Bonchev–Trinajstić information content (AvgIpc) is 3.07. The molecule has 2 aliphatic heterocycles. The number of rotatable bonds is 5. The number of aliphatic imine (C=N–C) groups is 1. The van der Waals surface area contributed by atoms with Crippen molar-refractivity contribution in [1.29, 1.82) is 0 Å². The molecule has 1 amide bonds. The Bertz CT molecular complexity index is 1170. The molecule has 2 heterocycles. The summed E-state index contributed by atoms with van der Waals surface area (Å²) in [6.07, 6.45) is -3.00. The molecule has 172 valence electrons. The number of aliphatic carboxylic acids is 1. The lowest BCUT2D eigenvalue weighted by Gasteiger charge is -2.37. The fraction of sp³-hybridized carbons (Fsp3) is 0.227. The SMILES string of the molecule is COc1cc(/C=C2\SC(N3CC(C(=O)O)C3)=NC2=O)ccc1Oc1ccccc1C(F)(F)F. The van der Waals surface area contributed by atoms with E-state index in [0.717, 1.165) is 17.8 Å². The van der Waals surface area contributed by atoms with Gasteiger partial charge in [-0.05, 0) is 47.7 Å². The number of amides is 1. The largest absolute Gasteiger partial charge is 0.493 e. The van der Waals surface area contributed by atoms with Gasteiger partial charge in [-0.2, -0.15) is 18.2 Å². The standard InChI is InChI=1S/C22H17F3N2O5S/c1-31-17-8-12(6-7-16(17)32-15-5-3-2-4-14(15)22(23,24)25)9-18-19(28)26-21(33-18)27-10-13(11-27)20(29)30/h2-9,13H,10-11H2,1H3,(H,29,30)/b18-9-. The average molecular weight is 478 g/mol. The number of halogens is 3. The summed E-state index contributed by atoms with van der Waals surface area (Å²) in [6, 6.07) is 9.43. The highest BCUT2D eigenvalue weighted by Gasteiger charge is 2.38. The molecule has 0 radical (unpaired) electrons. The van der Waals surface area contributed by atoms with Crippen molar-refractivity contribution >= 4 is 34.9 Å². The smallest absolute Gasteiger partial charge is 0.419 e. The maximum Gasteiger partial charge on any atom is 0.419 e. The number of hydrogen-bond donors (Lipinski definition) is 1. The number of ether oxygens (including phenoxy) is 2. The van der Waals surface area contributed by atoms with E-state index in [2.05, 4.69) is 4.99 Å². The molecule has 11 heteroatoms. The van der Waals surface area contributed by atoms with Crippen LogP contribution in [-0.4, -0.2) is 47.2 Å². The number of likely N-dealkylation sites (tertiary alicyclic amines) is 1. The van der Waals surface area contributed by atoms with E-state index < -0.39 is 29.5 Å². The van der Waals surface area contributed by atoms with Crippen molar-refractivity contribution in [2.45, 2.75) is 6.18 Å². The Kier molecular flexibility index (Phi) is 6.07. The molecule has 0 unspecified atom stereocenters. The van der Waals surface area contributed by atoms with Crippen LogP contribution < -0.4 is 9.47 Å². The lowest BCUT2D eigenvalue weighted by molar-refractivity contribution is -0.145. The molecule has 0 saturated carbocycles. The zero-order valence-corrected chi connectivity index (χ0v) is 17.9. The van der Waals surface area contributed by atoms with Gasteiger partial charge in [0.2, 0.25) is 0 Å². The van der Waals surface area contributed by atoms with Crippen molar-refractivity contribution in [3.63, 3.8) is 0 Å². The van der Waals surface area contributed by atoms with Gasteiger partial charge in [0.05, 0.1) is 23.5 Å². The molecular weight excluding hydrogens is 461 g/mol. The van der Waals surface area contributed by atoms with Crippen molar-refractivity contribution in [3.8, 4) is 17.2 Å². The van der Waals surface area contributed by atoms with E-state index in [1.54, 1.807) is 17.0 Å². The molecule has 2 aromatic carbocycles. The van der Waals surface area contributed by atoms with Crippen LogP contribution >= 0.6 is 11.8 Å². The molecule has 1 saturated heterocycles. The van der Waals surface area contributed by atoms with Crippen LogP contribution in [0.1, 0.15) is 11.1 Å². The Balaban J connectivity index is 1.51. The highest BCUT2D eigenvalue weighted by Crippen LogP contribution is 2.41. The van der Waals surface area contributed by atoms with Gasteiger partial charge in [-0.1, -0.05) is 18.2 Å². The summed E-state index contributed by atoms with van der Waals surface area (Å²) in [7, 11) is 1.36. The number of nitrogens with zero attached hydrogens (tertiary/aromatic N) is 2. The maximum atomic E-state index is 13.2. The molecule has 0 spiro atoms. The molecule has 1 fully saturated rings. The molecule has 7 nitrogen and oxygen atoms in total.